The number of rotatable bonds is 4. The molecule has 0 aliphatic rings. The first kappa shape index (κ1) is 17.5. The van der Waals surface area contributed by atoms with Crippen molar-refractivity contribution in [3.8, 4) is 0 Å². The zero-order valence-corrected chi connectivity index (χ0v) is 14.2. The summed E-state index contributed by atoms with van der Waals surface area (Å²) in [6, 6.07) is 14.3. The zero-order chi connectivity index (χ0) is 18.7. The standard InChI is InChI=1S/C19H16F2N4O/c1-12-22-16(19(26)24-18-14(20)9-6-10-15(18)21)11-17(23-12)25(2)13-7-4-3-5-8-13/h3-11H,1-2H3,(H,24,26). The number of nitrogens with zero attached hydrogens (tertiary/aromatic N) is 3. The van der Waals surface area contributed by atoms with E-state index in [1.54, 1.807) is 18.9 Å². The van der Waals surface area contributed by atoms with Crippen LogP contribution in [0.1, 0.15) is 16.3 Å². The van der Waals surface area contributed by atoms with E-state index in [1.807, 2.05) is 30.3 Å². The van der Waals surface area contributed by atoms with E-state index in [4.69, 9.17) is 0 Å². The van der Waals surface area contributed by atoms with Crippen LogP contribution in [0.4, 0.5) is 26.0 Å². The molecular weight excluding hydrogens is 338 g/mol. The van der Waals surface area contributed by atoms with Gasteiger partial charge in [-0.1, -0.05) is 24.3 Å². The Morgan fingerprint density at radius 3 is 2.31 bits per heavy atom. The molecule has 1 aromatic heterocycles. The monoisotopic (exact) mass is 354 g/mol. The van der Waals surface area contributed by atoms with Gasteiger partial charge in [-0.25, -0.2) is 18.7 Å². The van der Waals surface area contributed by atoms with E-state index < -0.39 is 23.2 Å². The smallest absolute Gasteiger partial charge is 0.274 e. The number of para-hydroxylation sites is 2. The van der Waals surface area contributed by atoms with Crippen LogP contribution in [0.2, 0.25) is 0 Å². The van der Waals surface area contributed by atoms with Crippen LogP contribution >= 0.6 is 0 Å². The Morgan fingerprint density at radius 2 is 1.65 bits per heavy atom. The van der Waals surface area contributed by atoms with Crippen LogP contribution in [0.25, 0.3) is 0 Å². The van der Waals surface area contributed by atoms with Crippen LogP contribution in [-0.4, -0.2) is 22.9 Å². The Kier molecular flexibility index (Phi) is 4.88. The number of hydrogen-bond donors (Lipinski definition) is 1. The zero-order valence-electron chi connectivity index (χ0n) is 14.2. The molecule has 3 aromatic rings. The second kappa shape index (κ2) is 7.26. The van der Waals surface area contributed by atoms with Crippen LogP contribution in [0.15, 0.2) is 54.6 Å². The fourth-order valence-electron chi connectivity index (χ4n) is 2.42. The molecule has 3 rings (SSSR count). The molecule has 2 aromatic carbocycles. The lowest BCUT2D eigenvalue weighted by molar-refractivity contribution is 0.102. The number of benzene rings is 2. The number of aryl methyl sites for hydroxylation is 1. The molecule has 1 N–H and O–H groups in total. The molecule has 1 heterocycles. The van der Waals surface area contributed by atoms with Gasteiger partial charge in [0, 0.05) is 18.8 Å². The lowest BCUT2D eigenvalue weighted by atomic mass is 10.2. The minimum Gasteiger partial charge on any atom is -0.329 e. The average molecular weight is 354 g/mol. The van der Waals surface area contributed by atoms with E-state index >= 15 is 0 Å². The highest BCUT2D eigenvalue weighted by atomic mass is 19.1. The summed E-state index contributed by atoms with van der Waals surface area (Å²) >= 11 is 0. The quantitative estimate of drug-likeness (QED) is 0.767. The van der Waals surface area contributed by atoms with Crippen molar-refractivity contribution in [1.82, 2.24) is 9.97 Å². The van der Waals surface area contributed by atoms with Crippen molar-refractivity contribution in [2.45, 2.75) is 6.92 Å². The van der Waals surface area contributed by atoms with Crippen LogP contribution in [-0.2, 0) is 0 Å². The van der Waals surface area contributed by atoms with Gasteiger partial charge in [0.25, 0.3) is 5.91 Å². The molecule has 7 heteroatoms. The Balaban J connectivity index is 1.91. The summed E-state index contributed by atoms with van der Waals surface area (Å²) < 4.78 is 27.5. The van der Waals surface area contributed by atoms with Gasteiger partial charge in [0.05, 0.1) is 0 Å². The van der Waals surface area contributed by atoms with Crippen molar-refractivity contribution < 1.29 is 13.6 Å². The predicted octanol–water partition coefficient (Wildman–Crippen LogP) is 4.08. The molecule has 0 unspecified atom stereocenters. The Labute approximate surface area is 149 Å². The van der Waals surface area contributed by atoms with E-state index in [-0.39, 0.29) is 5.69 Å². The molecule has 0 atom stereocenters. The van der Waals surface area contributed by atoms with E-state index in [0.717, 1.165) is 17.8 Å². The fourth-order valence-corrected chi connectivity index (χ4v) is 2.42. The summed E-state index contributed by atoms with van der Waals surface area (Å²) in [7, 11) is 1.80. The molecule has 0 saturated carbocycles. The number of halogens is 2. The molecule has 0 bridgehead atoms. The first-order chi connectivity index (χ1) is 12.5. The Bertz CT molecular complexity index is 927. The number of carbonyl (C=O) groups excluding carboxylic acids is 1. The van der Waals surface area contributed by atoms with Crippen molar-refractivity contribution in [2.24, 2.45) is 0 Å². The van der Waals surface area contributed by atoms with Crippen LogP contribution in [0.5, 0.6) is 0 Å². The summed E-state index contributed by atoms with van der Waals surface area (Å²) in [5.41, 5.74) is 0.377. The Morgan fingerprint density at radius 1 is 1.00 bits per heavy atom. The third-order valence-electron chi connectivity index (χ3n) is 3.75. The van der Waals surface area contributed by atoms with Gasteiger partial charge in [-0.15, -0.1) is 0 Å². The van der Waals surface area contributed by atoms with Crippen LogP contribution < -0.4 is 10.2 Å². The number of aromatic nitrogens is 2. The summed E-state index contributed by atoms with van der Waals surface area (Å²) in [5.74, 6) is -1.58. The molecule has 1 amide bonds. The van der Waals surface area contributed by atoms with Crippen molar-refractivity contribution in [3.05, 3.63) is 77.8 Å². The van der Waals surface area contributed by atoms with Gasteiger partial charge in [-0.2, -0.15) is 0 Å². The lowest BCUT2D eigenvalue weighted by Crippen LogP contribution is -2.19. The van der Waals surface area contributed by atoms with Crippen molar-refractivity contribution >= 4 is 23.1 Å². The van der Waals surface area contributed by atoms with Crippen LogP contribution in [0.3, 0.4) is 0 Å². The molecule has 132 valence electrons. The predicted molar refractivity (Wildman–Crippen MR) is 95.6 cm³/mol. The SMILES string of the molecule is Cc1nc(C(=O)Nc2c(F)cccc2F)cc(N(C)c2ccccc2)n1. The minimum absolute atomic E-state index is 0.0120. The van der Waals surface area contributed by atoms with E-state index in [9.17, 15) is 13.6 Å². The average Bonchev–Trinajstić information content (AvgIpc) is 2.64. The van der Waals surface area contributed by atoms with Gasteiger partial charge >= 0.3 is 0 Å². The van der Waals surface area contributed by atoms with E-state index in [0.29, 0.717) is 11.6 Å². The van der Waals surface area contributed by atoms with Crippen LogP contribution in [0, 0.1) is 18.6 Å². The first-order valence-corrected chi connectivity index (χ1v) is 7.85. The van der Waals surface area contributed by atoms with E-state index in [1.165, 1.54) is 12.1 Å². The normalized spacial score (nSPS) is 10.5. The van der Waals surface area contributed by atoms with Gasteiger partial charge in [-0.05, 0) is 31.2 Å². The van der Waals surface area contributed by atoms with Gasteiger partial charge in [0.15, 0.2) is 0 Å². The van der Waals surface area contributed by atoms with Gasteiger partial charge < -0.3 is 10.2 Å². The highest BCUT2D eigenvalue weighted by Crippen LogP contribution is 2.23. The number of anilines is 3. The van der Waals surface area contributed by atoms with Gasteiger partial charge in [-0.3, -0.25) is 4.79 Å². The second-order valence-electron chi connectivity index (χ2n) is 5.60. The molecule has 0 aliphatic heterocycles. The fraction of sp³-hybridized carbons (Fsp3) is 0.105. The summed E-state index contributed by atoms with van der Waals surface area (Å²) in [4.78, 5) is 22.6. The largest absolute Gasteiger partial charge is 0.329 e. The highest BCUT2D eigenvalue weighted by molar-refractivity contribution is 6.03. The molecule has 0 fully saturated rings. The third-order valence-corrected chi connectivity index (χ3v) is 3.75. The first-order valence-electron chi connectivity index (χ1n) is 7.85. The van der Waals surface area contributed by atoms with Crippen molar-refractivity contribution in [3.63, 3.8) is 0 Å². The number of nitrogens with one attached hydrogen (secondary N) is 1. The van der Waals surface area contributed by atoms with Gasteiger partial charge in [0.1, 0.15) is 34.7 Å². The summed E-state index contributed by atoms with van der Waals surface area (Å²) in [5, 5.41) is 2.23. The molecule has 26 heavy (non-hydrogen) atoms. The number of hydrogen-bond acceptors (Lipinski definition) is 4. The highest BCUT2D eigenvalue weighted by Gasteiger charge is 2.17. The summed E-state index contributed by atoms with van der Waals surface area (Å²) in [6.07, 6.45) is 0. The Hall–Kier alpha value is -3.35. The maximum atomic E-state index is 13.7. The molecule has 5 nitrogen and oxygen atoms in total. The van der Waals surface area contributed by atoms with Crippen molar-refractivity contribution in [2.75, 3.05) is 17.3 Å². The number of carbonyl (C=O) groups is 1. The van der Waals surface area contributed by atoms with Gasteiger partial charge in [0.2, 0.25) is 0 Å². The molecule has 0 spiro atoms. The van der Waals surface area contributed by atoms with Crippen molar-refractivity contribution in [1.29, 1.82) is 0 Å². The molecule has 0 radical (unpaired) electrons. The molecule has 0 saturated heterocycles. The second-order valence-corrected chi connectivity index (χ2v) is 5.60. The lowest BCUT2D eigenvalue weighted by Gasteiger charge is -2.19. The minimum atomic E-state index is -0.856. The third kappa shape index (κ3) is 3.66. The molecule has 0 aliphatic carbocycles. The maximum absolute atomic E-state index is 13.7. The number of amides is 1. The maximum Gasteiger partial charge on any atom is 0.274 e. The molecular formula is C19H16F2N4O. The van der Waals surface area contributed by atoms with E-state index in [2.05, 4.69) is 15.3 Å². The topological polar surface area (TPSA) is 58.1 Å². The summed E-state index contributed by atoms with van der Waals surface area (Å²) in [6.45, 7) is 1.64.